The fourth-order valence-electron chi connectivity index (χ4n) is 2.50. The van der Waals surface area contributed by atoms with Crippen LogP contribution in [0.3, 0.4) is 0 Å². The van der Waals surface area contributed by atoms with Gasteiger partial charge in [0, 0.05) is 19.6 Å². The number of nitrogens with zero attached hydrogens (tertiary/aromatic N) is 2. The van der Waals surface area contributed by atoms with Crippen molar-refractivity contribution in [1.82, 2.24) is 10.2 Å². The fourth-order valence-corrected chi connectivity index (χ4v) is 2.50. The van der Waals surface area contributed by atoms with E-state index in [1.54, 1.807) is 0 Å². The minimum absolute atomic E-state index is 0.493. The van der Waals surface area contributed by atoms with E-state index in [2.05, 4.69) is 29.1 Å². The van der Waals surface area contributed by atoms with Gasteiger partial charge < -0.3 is 15.3 Å². The van der Waals surface area contributed by atoms with Crippen molar-refractivity contribution in [3.8, 4) is 0 Å². The molecule has 0 spiro atoms. The second-order valence-corrected chi connectivity index (χ2v) is 5.80. The van der Waals surface area contributed by atoms with Gasteiger partial charge in [0.05, 0.1) is 12.1 Å². The molecule has 1 rings (SSSR count). The molecule has 4 heteroatoms. The molecule has 0 amide bonds. The number of rotatable bonds is 5. The molecule has 1 atom stereocenters. The molecule has 1 aliphatic heterocycles. The topological polar surface area (TPSA) is 47.9 Å². The van der Waals surface area contributed by atoms with E-state index in [0.717, 1.165) is 44.4 Å². The molecular formula is C15H31N3O. The first-order valence-electron chi connectivity index (χ1n) is 7.80. The Bertz CT molecular complexity index is 287. The van der Waals surface area contributed by atoms with Crippen molar-refractivity contribution in [1.29, 1.82) is 0 Å². The zero-order valence-corrected chi connectivity index (χ0v) is 13.1. The zero-order chi connectivity index (χ0) is 14.3. The van der Waals surface area contributed by atoms with E-state index >= 15 is 0 Å². The lowest BCUT2D eigenvalue weighted by molar-refractivity contribution is 0.0415. The van der Waals surface area contributed by atoms with Crippen molar-refractivity contribution in [3.05, 3.63) is 0 Å². The maximum atomic E-state index is 10.3. The van der Waals surface area contributed by atoms with Crippen LogP contribution in [0.5, 0.6) is 0 Å². The second-order valence-electron chi connectivity index (χ2n) is 5.80. The van der Waals surface area contributed by atoms with E-state index in [4.69, 9.17) is 0 Å². The first-order valence-corrected chi connectivity index (χ1v) is 7.80. The van der Waals surface area contributed by atoms with Crippen LogP contribution in [0.15, 0.2) is 4.99 Å². The summed E-state index contributed by atoms with van der Waals surface area (Å²) < 4.78 is 0. The van der Waals surface area contributed by atoms with Gasteiger partial charge in [-0.3, -0.25) is 4.99 Å². The molecule has 1 heterocycles. The van der Waals surface area contributed by atoms with E-state index in [1.165, 1.54) is 12.8 Å². The molecular weight excluding hydrogens is 238 g/mol. The Morgan fingerprint density at radius 1 is 1.37 bits per heavy atom. The van der Waals surface area contributed by atoms with Crippen molar-refractivity contribution >= 4 is 5.96 Å². The van der Waals surface area contributed by atoms with Crippen molar-refractivity contribution in [2.24, 2.45) is 10.9 Å². The number of aliphatic hydroxyl groups is 1. The summed E-state index contributed by atoms with van der Waals surface area (Å²) in [6.45, 7) is 12.0. The van der Waals surface area contributed by atoms with Gasteiger partial charge in [0.15, 0.2) is 5.96 Å². The fraction of sp³-hybridized carbons (Fsp3) is 0.933. The highest BCUT2D eigenvalue weighted by Crippen LogP contribution is 2.17. The minimum Gasteiger partial charge on any atom is -0.388 e. The first-order chi connectivity index (χ1) is 9.04. The highest BCUT2D eigenvalue weighted by molar-refractivity contribution is 5.80. The van der Waals surface area contributed by atoms with Crippen LogP contribution in [0.1, 0.15) is 53.4 Å². The van der Waals surface area contributed by atoms with Crippen molar-refractivity contribution < 1.29 is 5.11 Å². The highest BCUT2D eigenvalue weighted by Gasteiger charge is 2.24. The van der Waals surface area contributed by atoms with Crippen LogP contribution < -0.4 is 5.32 Å². The Kier molecular flexibility index (Phi) is 6.63. The number of likely N-dealkylation sites (tertiary alicyclic amines) is 1. The maximum absolute atomic E-state index is 10.3. The van der Waals surface area contributed by atoms with Gasteiger partial charge >= 0.3 is 0 Å². The standard InChI is InChI=1S/C15H31N3O/c1-5-15(19,6-2)12-17-14(16-7-3)18-10-8-9-13(4)11-18/h13,19H,5-12H2,1-4H3,(H,16,17). The van der Waals surface area contributed by atoms with Gasteiger partial charge in [-0.15, -0.1) is 0 Å². The molecule has 0 aromatic heterocycles. The highest BCUT2D eigenvalue weighted by atomic mass is 16.3. The van der Waals surface area contributed by atoms with Gasteiger partial charge in [0.2, 0.25) is 0 Å². The summed E-state index contributed by atoms with van der Waals surface area (Å²) >= 11 is 0. The molecule has 2 N–H and O–H groups in total. The Labute approximate surface area is 118 Å². The average Bonchev–Trinajstić information content (AvgIpc) is 2.43. The van der Waals surface area contributed by atoms with Crippen LogP contribution in [0.2, 0.25) is 0 Å². The lowest BCUT2D eigenvalue weighted by atomic mass is 9.98. The van der Waals surface area contributed by atoms with Crippen molar-refractivity contribution in [2.45, 2.75) is 59.0 Å². The maximum Gasteiger partial charge on any atom is 0.194 e. The molecule has 0 saturated carbocycles. The lowest BCUT2D eigenvalue weighted by Gasteiger charge is -2.34. The number of aliphatic imine (C=N–C) groups is 1. The summed E-state index contributed by atoms with van der Waals surface area (Å²) in [6.07, 6.45) is 4.05. The van der Waals surface area contributed by atoms with Crippen LogP contribution in [0.4, 0.5) is 0 Å². The second kappa shape index (κ2) is 7.73. The summed E-state index contributed by atoms with van der Waals surface area (Å²) in [6, 6.07) is 0. The van der Waals surface area contributed by atoms with Crippen LogP contribution in [0, 0.1) is 5.92 Å². The predicted molar refractivity (Wildman–Crippen MR) is 81.5 cm³/mol. The normalized spacial score (nSPS) is 21.6. The summed E-state index contributed by atoms with van der Waals surface area (Å²) in [7, 11) is 0. The number of nitrogens with one attached hydrogen (secondary N) is 1. The molecule has 0 aromatic rings. The Balaban J connectivity index is 2.70. The first kappa shape index (κ1) is 16.3. The molecule has 0 aliphatic carbocycles. The number of guanidine groups is 1. The van der Waals surface area contributed by atoms with E-state index in [0.29, 0.717) is 6.54 Å². The third kappa shape index (κ3) is 5.01. The third-order valence-corrected chi connectivity index (χ3v) is 4.13. The molecule has 1 unspecified atom stereocenters. The van der Waals surface area contributed by atoms with E-state index < -0.39 is 5.60 Å². The summed E-state index contributed by atoms with van der Waals surface area (Å²) in [4.78, 5) is 7.00. The van der Waals surface area contributed by atoms with E-state index in [1.807, 2.05) is 13.8 Å². The smallest absolute Gasteiger partial charge is 0.194 e. The molecule has 0 aromatic carbocycles. The molecule has 19 heavy (non-hydrogen) atoms. The molecule has 0 radical (unpaired) electrons. The quantitative estimate of drug-likeness (QED) is 0.594. The number of hydrogen-bond donors (Lipinski definition) is 2. The monoisotopic (exact) mass is 269 g/mol. The predicted octanol–water partition coefficient (Wildman–Crippen LogP) is 2.23. The van der Waals surface area contributed by atoms with Gasteiger partial charge in [-0.25, -0.2) is 0 Å². The van der Waals surface area contributed by atoms with Crippen molar-refractivity contribution in [2.75, 3.05) is 26.2 Å². The van der Waals surface area contributed by atoms with Gasteiger partial charge in [0.25, 0.3) is 0 Å². The minimum atomic E-state index is -0.651. The number of piperidine rings is 1. The van der Waals surface area contributed by atoms with Gasteiger partial charge in [-0.2, -0.15) is 0 Å². The summed E-state index contributed by atoms with van der Waals surface area (Å²) in [5, 5.41) is 13.7. The SMILES string of the molecule is CCNC(=NCC(O)(CC)CC)N1CCCC(C)C1. The summed E-state index contributed by atoms with van der Waals surface area (Å²) in [5.41, 5.74) is -0.651. The van der Waals surface area contributed by atoms with Crippen LogP contribution >= 0.6 is 0 Å². The van der Waals surface area contributed by atoms with E-state index in [-0.39, 0.29) is 0 Å². The molecule has 112 valence electrons. The van der Waals surface area contributed by atoms with Crippen LogP contribution in [-0.2, 0) is 0 Å². The zero-order valence-electron chi connectivity index (χ0n) is 13.1. The molecule has 1 fully saturated rings. The van der Waals surface area contributed by atoms with Gasteiger partial charge in [-0.05, 0) is 38.5 Å². The average molecular weight is 269 g/mol. The van der Waals surface area contributed by atoms with Gasteiger partial charge in [0.1, 0.15) is 0 Å². The van der Waals surface area contributed by atoms with Gasteiger partial charge in [-0.1, -0.05) is 20.8 Å². The molecule has 1 saturated heterocycles. The molecule has 1 aliphatic rings. The third-order valence-electron chi connectivity index (χ3n) is 4.13. The van der Waals surface area contributed by atoms with Crippen LogP contribution in [0.25, 0.3) is 0 Å². The molecule has 0 bridgehead atoms. The largest absolute Gasteiger partial charge is 0.388 e. The molecule has 4 nitrogen and oxygen atoms in total. The van der Waals surface area contributed by atoms with Crippen LogP contribution in [-0.4, -0.2) is 47.7 Å². The Morgan fingerprint density at radius 3 is 2.58 bits per heavy atom. The Hall–Kier alpha value is -0.770. The number of hydrogen-bond acceptors (Lipinski definition) is 2. The summed E-state index contributed by atoms with van der Waals surface area (Å²) in [5.74, 6) is 1.70. The van der Waals surface area contributed by atoms with E-state index in [9.17, 15) is 5.11 Å². The van der Waals surface area contributed by atoms with Crippen molar-refractivity contribution in [3.63, 3.8) is 0 Å². The Morgan fingerprint density at radius 2 is 2.05 bits per heavy atom. The lowest BCUT2D eigenvalue weighted by Crippen LogP contribution is -2.47.